The first-order chi connectivity index (χ1) is 8.59. The van der Waals surface area contributed by atoms with Gasteiger partial charge in [0.05, 0.1) is 0 Å². The molecule has 1 unspecified atom stereocenters. The summed E-state index contributed by atoms with van der Waals surface area (Å²) in [5, 5.41) is 0. The van der Waals surface area contributed by atoms with Crippen molar-refractivity contribution >= 4 is 21.7 Å². The molecular weight excluding hydrogens is 290 g/mol. The van der Waals surface area contributed by atoms with Crippen molar-refractivity contribution in [2.24, 2.45) is 5.92 Å². The molecule has 0 aromatic heterocycles. The third-order valence-electron chi connectivity index (χ3n) is 3.81. The molecule has 0 spiro atoms. The summed E-state index contributed by atoms with van der Waals surface area (Å²) in [7, 11) is 4.25. The first-order valence-corrected chi connectivity index (χ1v) is 7.31. The molecule has 0 heterocycles. The maximum atomic E-state index is 11.4. The molecule has 2 nitrogen and oxygen atoms in total. The Labute approximate surface area is 117 Å². The average Bonchev–Trinajstić information content (AvgIpc) is 2.34. The minimum Gasteiger partial charge on any atom is -0.302 e. The van der Waals surface area contributed by atoms with Crippen LogP contribution in [0.25, 0.3) is 0 Å². The molecule has 1 aliphatic rings. The minimum atomic E-state index is 0.397. The molecular formula is C15H20BrNO. The van der Waals surface area contributed by atoms with Gasteiger partial charge in [0.1, 0.15) is 5.78 Å². The van der Waals surface area contributed by atoms with Crippen molar-refractivity contribution in [2.45, 2.75) is 31.7 Å². The van der Waals surface area contributed by atoms with Gasteiger partial charge in [-0.1, -0.05) is 34.1 Å². The van der Waals surface area contributed by atoms with Gasteiger partial charge in [-0.2, -0.15) is 0 Å². The van der Waals surface area contributed by atoms with Gasteiger partial charge in [0, 0.05) is 23.4 Å². The molecule has 0 radical (unpaired) electrons. The highest BCUT2D eigenvalue weighted by Crippen LogP contribution is 2.38. The summed E-state index contributed by atoms with van der Waals surface area (Å²) in [4.78, 5) is 13.7. The van der Waals surface area contributed by atoms with E-state index in [1.165, 1.54) is 10.0 Å². The van der Waals surface area contributed by atoms with Crippen LogP contribution in [0.5, 0.6) is 0 Å². The lowest BCUT2D eigenvalue weighted by Crippen LogP contribution is -2.30. The van der Waals surface area contributed by atoms with Crippen LogP contribution in [0.4, 0.5) is 0 Å². The minimum absolute atomic E-state index is 0.397. The van der Waals surface area contributed by atoms with Crippen LogP contribution in [0, 0.1) is 5.92 Å². The van der Waals surface area contributed by atoms with Crippen LogP contribution >= 0.6 is 15.9 Å². The Hall–Kier alpha value is -0.670. The molecule has 0 saturated heterocycles. The first-order valence-electron chi connectivity index (χ1n) is 6.52. The number of ketones is 1. The SMILES string of the molecule is CN(C)C(c1ccccc1Br)C1CCC(=O)CC1. The molecule has 2 rings (SSSR count). The third kappa shape index (κ3) is 3.01. The number of hydrogen-bond acceptors (Lipinski definition) is 2. The van der Waals surface area contributed by atoms with Crippen molar-refractivity contribution in [3.05, 3.63) is 34.3 Å². The fourth-order valence-corrected chi connectivity index (χ4v) is 3.47. The lowest BCUT2D eigenvalue weighted by atomic mass is 9.80. The van der Waals surface area contributed by atoms with Crippen molar-refractivity contribution in [3.63, 3.8) is 0 Å². The molecule has 18 heavy (non-hydrogen) atoms. The van der Waals surface area contributed by atoms with E-state index in [0.29, 0.717) is 17.7 Å². The summed E-state index contributed by atoms with van der Waals surface area (Å²) >= 11 is 3.65. The molecule has 1 aromatic rings. The lowest BCUT2D eigenvalue weighted by molar-refractivity contribution is -0.121. The van der Waals surface area contributed by atoms with Gasteiger partial charge in [0.25, 0.3) is 0 Å². The van der Waals surface area contributed by atoms with Gasteiger partial charge in [-0.3, -0.25) is 4.79 Å². The van der Waals surface area contributed by atoms with Crippen molar-refractivity contribution in [1.82, 2.24) is 4.90 Å². The van der Waals surface area contributed by atoms with Gasteiger partial charge in [-0.15, -0.1) is 0 Å². The number of carbonyl (C=O) groups excluding carboxylic acids is 1. The Morgan fingerprint density at radius 2 is 1.83 bits per heavy atom. The quantitative estimate of drug-likeness (QED) is 0.846. The Kier molecular flexibility index (Phi) is 4.57. The molecule has 1 aliphatic carbocycles. The van der Waals surface area contributed by atoms with E-state index in [0.717, 1.165) is 25.7 Å². The number of carbonyl (C=O) groups is 1. The van der Waals surface area contributed by atoms with Crippen LogP contribution in [-0.2, 0) is 4.79 Å². The van der Waals surface area contributed by atoms with Crippen molar-refractivity contribution < 1.29 is 4.79 Å². The molecule has 1 fully saturated rings. The monoisotopic (exact) mass is 309 g/mol. The summed E-state index contributed by atoms with van der Waals surface area (Å²) in [6.45, 7) is 0. The highest BCUT2D eigenvalue weighted by Gasteiger charge is 2.29. The van der Waals surface area contributed by atoms with Crippen molar-refractivity contribution in [2.75, 3.05) is 14.1 Å². The molecule has 0 amide bonds. The number of halogens is 1. The maximum Gasteiger partial charge on any atom is 0.132 e. The van der Waals surface area contributed by atoms with Gasteiger partial charge in [0.2, 0.25) is 0 Å². The van der Waals surface area contributed by atoms with E-state index in [4.69, 9.17) is 0 Å². The zero-order chi connectivity index (χ0) is 13.1. The number of benzene rings is 1. The lowest BCUT2D eigenvalue weighted by Gasteiger charge is -2.35. The zero-order valence-electron chi connectivity index (χ0n) is 11.0. The van der Waals surface area contributed by atoms with Gasteiger partial charge in [0.15, 0.2) is 0 Å². The summed E-state index contributed by atoms with van der Waals surface area (Å²) in [5.41, 5.74) is 1.34. The number of rotatable bonds is 3. The number of nitrogens with zero attached hydrogens (tertiary/aromatic N) is 1. The molecule has 1 saturated carbocycles. The van der Waals surface area contributed by atoms with E-state index in [9.17, 15) is 4.79 Å². The third-order valence-corrected chi connectivity index (χ3v) is 4.54. The van der Waals surface area contributed by atoms with E-state index < -0.39 is 0 Å². The topological polar surface area (TPSA) is 20.3 Å². The fraction of sp³-hybridized carbons (Fsp3) is 0.533. The first kappa shape index (κ1) is 13.8. The van der Waals surface area contributed by atoms with Crippen LogP contribution in [0.2, 0.25) is 0 Å². The predicted molar refractivity (Wildman–Crippen MR) is 77.5 cm³/mol. The molecule has 1 aromatic carbocycles. The summed E-state index contributed by atoms with van der Waals surface area (Å²) in [6.07, 6.45) is 3.53. The second kappa shape index (κ2) is 5.98. The zero-order valence-corrected chi connectivity index (χ0v) is 12.6. The maximum absolute atomic E-state index is 11.4. The normalized spacial score (nSPS) is 19.2. The van der Waals surface area contributed by atoms with Crippen LogP contribution < -0.4 is 0 Å². The molecule has 98 valence electrons. The van der Waals surface area contributed by atoms with Crippen LogP contribution in [-0.4, -0.2) is 24.8 Å². The second-order valence-electron chi connectivity index (χ2n) is 5.31. The number of Topliss-reactive ketones (excluding diaryl/α,β-unsaturated/α-hetero) is 1. The molecule has 0 N–H and O–H groups in total. The standard InChI is InChI=1S/C15H20BrNO/c1-17(2)15(11-7-9-12(18)10-8-11)13-5-3-4-6-14(13)16/h3-6,11,15H,7-10H2,1-2H3. The second-order valence-corrected chi connectivity index (χ2v) is 6.16. The van der Waals surface area contributed by atoms with E-state index in [1.807, 2.05) is 6.07 Å². The van der Waals surface area contributed by atoms with E-state index in [2.05, 4.69) is 53.1 Å². The van der Waals surface area contributed by atoms with E-state index >= 15 is 0 Å². The average molecular weight is 310 g/mol. The molecule has 3 heteroatoms. The van der Waals surface area contributed by atoms with Crippen molar-refractivity contribution in [1.29, 1.82) is 0 Å². The highest BCUT2D eigenvalue weighted by molar-refractivity contribution is 9.10. The van der Waals surface area contributed by atoms with Crippen LogP contribution in [0.3, 0.4) is 0 Å². The Bertz CT molecular complexity index is 420. The number of hydrogen-bond donors (Lipinski definition) is 0. The van der Waals surface area contributed by atoms with Gasteiger partial charge in [-0.05, 0) is 44.5 Å². The van der Waals surface area contributed by atoms with E-state index in [1.54, 1.807) is 0 Å². The van der Waals surface area contributed by atoms with E-state index in [-0.39, 0.29) is 0 Å². The van der Waals surface area contributed by atoms with Crippen LogP contribution in [0.1, 0.15) is 37.3 Å². The molecule has 1 atom stereocenters. The smallest absolute Gasteiger partial charge is 0.132 e. The molecule has 0 bridgehead atoms. The molecule has 0 aliphatic heterocycles. The van der Waals surface area contributed by atoms with Gasteiger partial charge < -0.3 is 4.90 Å². The fourth-order valence-electron chi connectivity index (χ4n) is 2.95. The van der Waals surface area contributed by atoms with Crippen LogP contribution in [0.15, 0.2) is 28.7 Å². The van der Waals surface area contributed by atoms with Gasteiger partial charge >= 0.3 is 0 Å². The van der Waals surface area contributed by atoms with Crippen molar-refractivity contribution in [3.8, 4) is 0 Å². The summed E-state index contributed by atoms with van der Waals surface area (Å²) in [5.74, 6) is 1.01. The summed E-state index contributed by atoms with van der Waals surface area (Å²) in [6, 6.07) is 8.81. The Morgan fingerprint density at radius 3 is 2.39 bits per heavy atom. The Morgan fingerprint density at radius 1 is 1.22 bits per heavy atom. The highest BCUT2D eigenvalue weighted by atomic mass is 79.9. The largest absolute Gasteiger partial charge is 0.302 e. The Balaban J connectivity index is 2.24. The van der Waals surface area contributed by atoms with Gasteiger partial charge in [-0.25, -0.2) is 0 Å². The summed E-state index contributed by atoms with van der Waals surface area (Å²) < 4.78 is 1.17. The predicted octanol–water partition coefficient (Wildman–Crippen LogP) is 3.81.